The third kappa shape index (κ3) is 4.28. The number of rotatable bonds is 3. The van der Waals surface area contributed by atoms with Crippen molar-refractivity contribution < 1.29 is 23.1 Å². The van der Waals surface area contributed by atoms with E-state index in [9.17, 15) is 23.1 Å². The van der Waals surface area contributed by atoms with Crippen LogP contribution in [0.2, 0.25) is 0 Å². The van der Waals surface area contributed by atoms with E-state index in [0.29, 0.717) is 50.8 Å². The molecule has 30 heavy (non-hydrogen) atoms. The molecular formula is C20H22F3N5O2. The Hall–Kier alpha value is -3.01. The van der Waals surface area contributed by atoms with Gasteiger partial charge in [0, 0.05) is 39.3 Å². The van der Waals surface area contributed by atoms with Gasteiger partial charge in [0.05, 0.1) is 29.8 Å². The number of carbonyl (C=O) groups is 1. The molecule has 2 aromatic rings. The van der Waals surface area contributed by atoms with Gasteiger partial charge in [-0.15, -0.1) is 0 Å². The highest BCUT2D eigenvalue weighted by Gasteiger charge is 2.32. The molecule has 1 fully saturated rings. The summed E-state index contributed by atoms with van der Waals surface area (Å²) in [6.45, 7) is 1.66. The van der Waals surface area contributed by atoms with Gasteiger partial charge in [-0.05, 0) is 24.3 Å². The number of para-hydroxylation sites is 2. The molecule has 7 nitrogen and oxygen atoms in total. The number of aromatic nitrogens is 1. The third-order valence-corrected chi connectivity index (χ3v) is 5.39. The van der Waals surface area contributed by atoms with Crippen molar-refractivity contribution in [3.8, 4) is 0 Å². The Kier molecular flexibility index (Phi) is 5.42. The summed E-state index contributed by atoms with van der Waals surface area (Å²) in [6.07, 6.45) is -3.44. The van der Waals surface area contributed by atoms with Crippen LogP contribution in [0.3, 0.4) is 0 Å². The Labute approximate surface area is 171 Å². The fourth-order valence-corrected chi connectivity index (χ4v) is 3.94. The average molecular weight is 421 g/mol. The van der Waals surface area contributed by atoms with Crippen LogP contribution in [0.4, 0.5) is 40.8 Å². The molecule has 0 aliphatic carbocycles. The molecule has 2 aliphatic rings. The number of amides is 1. The summed E-state index contributed by atoms with van der Waals surface area (Å²) in [6, 6.07) is 11.1. The number of carboxylic acid groups (broad SMARTS) is 1. The third-order valence-electron chi connectivity index (χ3n) is 5.39. The average Bonchev–Trinajstić information content (AvgIpc) is 2.72. The van der Waals surface area contributed by atoms with E-state index in [1.54, 1.807) is 18.3 Å². The van der Waals surface area contributed by atoms with Crippen molar-refractivity contribution in [2.45, 2.75) is 6.18 Å². The largest absolute Gasteiger partial charge is 0.465 e. The summed E-state index contributed by atoms with van der Waals surface area (Å²) in [5.74, 6) is 0.701. The number of alkyl halides is 3. The molecule has 2 aliphatic heterocycles. The van der Waals surface area contributed by atoms with Crippen LogP contribution in [0.5, 0.6) is 0 Å². The summed E-state index contributed by atoms with van der Waals surface area (Å²) in [4.78, 5) is 22.8. The zero-order valence-electron chi connectivity index (χ0n) is 16.2. The van der Waals surface area contributed by atoms with Gasteiger partial charge in [0.25, 0.3) is 0 Å². The Morgan fingerprint density at radius 2 is 1.67 bits per heavy atom. The highest BCUT2D eigenvalue weighted by atomic mass is 19.4. The van der Waals surface area contributed by atoms with Crippen LogP contribution in [-0.4, -0.2) is 73.1 Å². The molecule has 0 atom stereocenters. The van der Waals surface area contributed by atoms with Crippen LogP contribution < -0.4 is 14.7 Å². The molecule has 0 bridgehead atoms. The number of fused-ring (bicyclic) bond motifs is 1. The van der Waals surface area contributed by atoms with Crippen LogP contribution in [0.1, 0.15) is 0 Å². The summed E-state index contributed by atoms with van der Waals surface area (Å²) in [7, 11) is 0. The fourth-order valence-electron chi connectivity index (χ4n) is 3.94. The summed E-state index contributed by atoms with van der Waals surface area (Å²) in [5.41, 5.74) is 2.25. The SMILES string of the molecule is O=C(O)N1CCN(c2ccc(N3CCN(CC(F)(F)F)CC3)cn2)c2ccccc21. The molecular weight excluding hydrogens is 399 g/mol. The van der Waals surface area contributed by atoms with Crippen LogP contribution in [0.25, 0.3) is 0 Å². The molecule has 1 aromatic carbocycles. The number of benzene rings is 1. The highest BCUT2D eigenvalue weighted by molar-refractivity contribution is 5.93. The lowest BCUT2D eigenvalue weighted by atomic mass is 10.1. The molecule has 0 saturated carbocycles. The van der Waals surface area contributed by atoms with Gasteiger partial charge in [0.15, 0.2) is 0 Å². The summed E-state index contributed by atoms with van der Waals surface area (Å²) in [5, 5.41) is 9.42. The van der Waals surface area contributed by atoms with Crippen molar-refractivity contribution in [1.29, 1.82) is 0 Å². The Morgan fingerprint density at radius 1 is 0.967 bits per heavy atom. The molecule has 0 unspecified atom stereocenters. The first-order valence-electron chi connectivity index (χ1n) is 9.69. The predicted molar refractivity (Wildman–Crippen MR) is 108 cm³/mol. The van der Waals surface area contributed by atoms with E-state index >= 15 is 0 Å². The van der Waals surface area contributed by atoms with Crippen molar-refractivity contribution in [1.82, 2.24) is 9.88 Å². The molecule has 160 valence electrons. The van der Waals surface area contributed by atoms with Crippen LogP contribution in [0, 0.1) is 0 Å². The molecule has 1 saturated heterocycles. The molecule has 0 spiro atoms. The number of pyridine rings is 1. The first-order valence-corrected chi connectivity index (χ1v) is 9.69. The molecule has 4 rings (SSSR count). The van der Waals surface area contributed by atoms with E-state index in [0.717, 1.165) is 11.4 Å². The lowest BCUT2D eigenvalue weighted by Gasteiger charge is -2.37. The van der Waals surface area contributed by atoms with E-state index in [1.807, 2.05) is 34.1 Å². The van der Waals surface area contributed by atoms with Gasteiger partial charge in [-0.2, -0.15) is 13.2 Å². The quantitative estimate of drug-likeness (QED) is 0.820. The molecule has 10 heteroatoms. The molecule has 1 aromatic heterocycles. The van der Waals surface area contributed by atoms with Gasteiger partial charge < -0.3 is 14.9 Å². The van der Waals surface area contributed by atoms with Crippen molar-refractivity contribution in [3.63, 3.8) is 0 Å². The zero-order chi connectivity index (χ0) is 21.3. The number of hydrogen-bond acceptors (Lipinski definition) is 5. The minimum absolute atomic E-state index is 0.330. The van der Waals surface area contributed by atoms with Gasteiger partial charge in [-0.3, -0.25) is 9.80 Å². The monoisotopic (exact) mass is 421 g/mol. The minimum Gasteiger partial charge on any atom is -0.465 e. The van der Waals surface area contributed by atoms with Crippen molar-refractivity contribution in [3.05, 3.63) is 42.6 Å². The van der Waals surface area contributed by atoms with E-state index in [1.165, 1.54) is 9.80 Å². The number of hydrogen-bond donors (Lipinski definition) is 1. The molecule has 3 heterocycles. The first kappa shape index (κ1) is 20.3. The van der Waals surface area contributed by atoms with E-state index in [2.05, 4.69) is 4.98 Å². The van der Waals surface area contributed by atoms with Crippen molar-refractivity contribution in [2.75, 3.05) is 60.5 Å². The number of halogens is 3. The van der Waals surface area contributed by atoms with Crippen LogP contribution in [-0.2, 0) is 0 Å². The van der Waals surface area contributed by atoms with E-state index in [-0.39, 0.29) is 0 Å². The second-order valence-electron chi connectivity index (χ2n) is 7.33. The Bertz CT molecular complexity index is 898. The van der Waals surface area contributed by atoms with E-state index in [4.69, 9.17) is 0 Å². The number of nitrogens with zero attached hydrogens (tertiary/aromatic N) is 5. The standard InChI is InChI=1S/C20H22F3N5O2/c21-20(22,23)14-25-7-9-26(10-8-25)15-5-6-18(24-13-15)27-11-12-28(19(29)30)17-4-2-1-3-16(17)27/h1-6,13H,7-12,14H2,(H,29,30). The fraction of sp³-hybridized carbons (Fsp3) is 0.400. The van der Waals surface area contributed by atoms with Gasteiger partial charge in [-0.1, -0.05) is 12.1 Å². The zero-order valence-corrected chi connectivity index (χ0v) is 16.2. The normalized spacial score (nSPS) is 17.8. The maximum absolute atomic E-state index is 12.5. The van der Waals surface area contributed by atoms with E-state index < -0.39 is 18.8 Å². The van der Waals surface area contributed by atoms with Crippen molar-refractivity contribution in [2.24, 2.45) is 0 Å². The molecule has 1 amide bonds. The number of piperazine rings is 1. The predicted octanol–water partition coefficient (Wildman–Crippen LogP) is 3.40. The highest BCUT2D eigenvalue weighted by Crippen LogP contribution is 2.37. The maximum Gasteiger partial charge on any atom is 0.411 e. The second kappa shape index (κ2) is 8.02. The number of anilines is 4. The first-order chi connectivity index (χ1) is 14.3. The maximum atomic E-state index is 12.5. The Morgan fingerprint density at radius 3 is 2.27 bits per heavy atom. The Balaban J connectivity index is 1.46. The van der Waals surface area contributed by atoms with Gasteiger partial charge in [0.2, 0.25) is 0 Å². The topological polar surface area (TPSA) is 63.2 Å². The van der Waals surface area contributed by atoms with Crippen LogP contribution in [0.15, 0.2) is 42.6 Å². The van der Waals surface area contributed by atoms with Gasteiger partial charge in [0.1, 0.15) is 5.82 Å². The lowest BCUT2D eigenvalue weighted by Crippen LogP contribution is -2.49. The molecule has 0 radical (unpaired) electrons. The minimum atomic E-state index is -4.17. The van der Waals surface area contributed by atoms with Gasteiger partial charge in [-0.25, -0.2) is 9.78 Å². The van der Waals surface area contributed by atoms with Crippen LogP contribution >= 0.6 is 0 Å². The second-order valence-corrected chi connectivity index (χ2v) is 7.33. The summed E-state index contributed by atoms with van der Waals surface area (Å²) >= 11 is 0. The summed E-state index contributed by atoms with van der Waals surface area (Å²) < 4.78 is 37.6. The lowest BCUT2D eigenvalue weighted by molar-refractivity contribution is -0.146. The smallest absolute Gasteiger partial charge is 0.411 e. The van der Waals surface area contributed by atoms with Gasteiger partial charge >= 0.3 is 12.3 Å². The molecule has 1 N–H and O–H groups in total. The van der Waals surface area contributed by atoms with Crippen molar-refractivity contribution >= 4 is 29.0 Å².